The molecule has 1 heterocycles. The van der Waals surface area contributed by atoms with E-state index >= 15 is 0 Å². The summed E-state index contributed by atoms with van der Waals surface area (Å²) >= 11 is 0. The molecule has 1 amide bonds. The number of benzene rings is 2. The van der Waals surface area contributed by atoms with E-state index in [1.54, 1.807) is 12.1 Å². The van der Waals surface area contributed by atoms with E-state index in [1.807, 2.05) is 0 Å². The number of rotatable bonds is 6. The number of hydrogen-bond acceptors (Lipinski definition) is 6. The van der Waals surface area contributed by atoms with Crippen LogP contribution in [0, 0.1) is 0 Å². The highest BCUT2D eigenvalue weighted by Gasteiger charge is 2.27. The molecule has 0 radical (unpaired) electrons. The lowest BCUT2D eigenvalue weighted by Gasteiger charge is -2.15. The van der Waals surface area contributed by atoms with Crippen LogP contribution < -0.4 is 10.2 Å². The van der Waals surface area contributed by atoms with E-state index in [4.69, 9.17) is 4.74 Å². The summed E-state index contributed by atoms with van der Waals surface area (Å²) in [6.07, 6.45) is 3.08. The molecule has 0 bridgehead atoms. The van der Waals surface area contributed by atoms with Crippen LogP contribution in [0.1, 0.15) is 28.8 Å². The third-order valence-corrected chi connectivity index (χ3v) is 6.28. The molecule has 3 rings (SSSR count). The Balaban J connectivity index is 1.71. The second kappa shape index (κ2) is 8.41. The third kappa shape index (κ3) is 4.32. The number of hydrogen-bond donors (Lipinski definition) is 2. The van der Waals surface area contributed by atoms with E-state index in [2.05, 4.69) is 10.5 Å². The Kier molecular flexibility index (Phi) is 5.96. The maximum atomic E-state index is 12.6. The fraction of sp³-hybridized carbons (Fsp3) is 0.263. The number of phenols is 1. The number of nitrogens with one attached hydrogen (secondary N) is 1. The molecule has 2 aromatic rings. The Morgan fingerprint density at radius 1 is 1.21 bits per heavy atom. The van der Waals surface area contributed by atoms with Crippen molar-refractivity contribution in [1.29, 1.82) is 0 Å². The number of sulfonamides is 1. The first-order valence-corrected chi connectivity index (χ1v) is 10.2. The van der Waals surface area contributed by atoms with Crippen molar-refractivity contribution in [3.8, 4) is 11.5 Å². The fourth-order valence-corrected chi connectivity index (χ4v) is 4.44. The zero-order valence-electron chi connectivity index (χ0n) is 15.3. The zero-order valence-corrected chi connectivity index (χ0v) is 16.1. The van der Waals surface area contributed by atoms with Crippen LogP contribution in [0.3, 0.4) is 0 Å². The van der Waals surface area contributed by atoms with Crippen molar-refractivity contribution in [3.63, 3.8) is 0 Å². The van der Waals surface area contributed by atoms with Crippen LogP contribution >= 0.6 is 0 Å². The second-order valence-corrected chi connectivity index (χ2v) is 8.21. The topological polar surface area (TPSA) is 108 Å². The highest BCUT2D eigenvalue weighted by molar-refractivity contribution is 7.89. The highest BCUT2D eigenvalue weighted by Crippen LogP contribution is 2.25. The first-order chi connectivity index (χ1) is 13.4. The monoisotopic (exact) mass is 403 g/mol. The number of amides is 1. The molecule has 0 atom stereocenters. The summed E-state index contributed by atoms with van der Waals surface area (Å²) in [6.45, 7) is 0.998. The van der Waals surface area contributed by atoms with E-state index in [0.717, 1.165) is 12.8 Å². The Morgan fingerprint density at radius 2 is 1.96 bits per heavy atom. The molecule has 1 fully saturated rings. The number of nitrogens with zero attached hydrogens (tertiary/aromatic N) is 2. The van der Waals surface area contributed by atoms with Crippen LogP contribution in [0.2, 0.25) is 0 Å². The first kappa shape index (κ1) is 19.8. The molecule has 0 saturated carbocycles. The average Bonchev–Trinajstić information content (AvgIpc) is 3.25. The Bertz CT molecular complexity index is 998. The maximum absolute atomic E-state index is 12.6. The summed E-state index contributed by atoms with van der Waals surface area (Å²) in [5, 5.41) is 13.4. The van der Waals surface area contributed by atoms with Crippen molar-refractivity contribution in [2.45, 2.75) is 17.7 Å². The first-order valence-electron chi connectivity index (χ1n) is 8.72. The van der Waals surface area contributed by atoms with Gasteiger partial charge < -0.3 is 9.84 Å². The lowest BCUT2D eigenvalue weighted by molar-refractivity contribution is 0.0955. The molecule has 8 nitrogen and oxygen atoms in total. The van der Waals surface area contributed by atoms with E-state index in [0.29, 0.717) is 18.7 Å². The number of phenolic OH excluding ortho intramolecular Hbond substituents is 1. The van der Waals surface area contributed by atoms with Gasteiger partial charge in [0.1, 0.15) is 0 Å². The van der Waals surface area contributed by atoms with Crippen LogP contribution in [0.5, 0.6) is 11.5 Å². The van der Waals surface area contributed by atoms with Crippen molar-refractivity contribution >= 4 is 22.1 Å². The van der Waals surface area contributed by atoms with Gasteiger partial charge in [-0.3, -0.25) is 4.79 Å². The van der Waals surface area contributed by atoms with E-state index in [-0.39, 0.29) is 22.0 Å². The minimum Gasteiger partial charge on any atom is -0.504 e. The molecule has 148 valence electrons. The van der Waals surface area contributed by atoms with Gasteiger partial charge in [-0.2, -0.15) is 9.41 Å². The minimum absolute atomic E-state index is 0.000266. The smallest absolute Gasteiger partial charge is 0.271 e. The maximum Gasteiger partial charge on any atom is 0.271 e. The normalized spacial score (nSPS) is 15.0. The van der Waals surface area contributed by atoms with E-state index in [1.165, 1.54) is 48.0 Å². The molecular formula is C19H21N3O5S. The van der Waals surface area contributed by atoms with Crippen LogP contribution in [0.25, 0.3) is 0 Å². The Labute approximate surface area is 163 Å². The summed E-state index contributed by atoms with van der Waals surface area (Å²) in [7, 11) is -2.16. The third-order valence-electron chi connectivity index (χ3n) is 4.38. The largest absolute Gasteiger partial charge is 0.504 e. The minimum atomic E-state index is -3.59. The van der Waals surface area contributed by atoms with Gasteiger partial charge in [0.05, 0.1) is 18.2 Å². The van der Waals surface area contributed by atoms with Crippen LogP contribution in [0.4, 0.5) is 0 Å². The molecule has 1 aliphatic rings. The van der Waals surface area contributed by atoms with Gasteiger partial charge in [0.25, 0.3) is 5.91 Å². The molecule has 1 aliphatic heterocycles. The highest BCUT2D eigenvalue weighted by atomic mass is 32.2. The second-order valence-electron chi connectivity index (χ2n) is 6.27. The molecule has 0 spiro atoms. The van der Waals surface area contributed by atoms with Crippen molar-refractivity contribution in [1.82, 2.24) is 9.73 Å². The summed E-state index contributed by atoms with van der Waals surface area (Å²) in [4.78, 5) is 12.4. The van der Waals surface area contributed by atoms with Gasteiger partial charge in [-0.15, -0.1) is 0 Å². The summed E-state index contributed by atoms with van der Waals surface area (Å²) < 4.78 is 31.7. The zero-order chi connectivity index (χ0) is 20.1. The van der Waals surface area contributed by atoms with Crippen LogP contribution in [-0.2, 0) is 10.0 Å². The number of ether oxygens (including phenoxy) is 1. The van der Waals surface area contributed by atoms with Crippen molar-refractivity contribution in [2.24, 2.45) is 5.10 Å². The Hall–Kier alpha value is -2.91. The van der Waals surface area contributed by atoms with Crippen molar-refractivity contribution in [3.05, 3.63) is 53.6 Å². The quantitative estimate of drug-likeness (QED) is 0.566. The van der Waals surface area contributed by atoms with Gasteiger partial charge in [0, 0.05) is 18.7 Å². The standard InChI is InChI=1S/C19H21N3O5S/c1-27-18-11-14(7-8-17(18)23)13-20-21-19(24)15-5-4-6-16(12-15)28(25,26)22-9-2-3-10-22/h4-8,11-13,23H,2-3,9-10H2,1H3,(H,21,24)/b20-13-. The van der Waals surface area contributed by atoms with Gasteiger partial charge in [-0.1, -0.05) is 6.07 Å². The van der Waals surface area contributed by atoms with Gasteiger partial charge >= 0.3 is 0 Å². The summed E-state index contributed by atoms with van der Waals surface area (Å²) in [5.74, 6) is -0.240. The Morgan fingerprint density at radius 3 is 2.68 bits per heavy atom. The lowest BCUT2D eigenvalue weighted by Crippen LogP contribution is -2.28. The molecule has 0 unspecified atom stereocenters. The summed E-state index contributed by atoms with van der Waals surface area (Å²) in [6, 6.07) is 10.5. The number of carbonyl (C=O) groups is 1. The molecule has 0 aliphatic carbocycles. The predicted octanol–water partition coefficient (Wildman–Crippen LogP) is 1.95. The van der Waals surface area contributed by atoms with Crippen molar-refractivity contribution in [2.75, 3.05) is 20.2 Å². The van der Waals surface area contributed by atoms with E-state index < -0.39 is 15.9 Å². The molecule has 28 heavy (non-hydrogen) atoms. The molecular weight excluding hydrogens is 382 g/mol. The molecule has 0 aromatic heterocycles. The lowest BCUT2D eigenvalue weighted by atomic mass is 10.2. The molecule has 1 saturated heterocycles. The molecule has 9 heteroatoms. The number of aromatic hydroxyl groups is 1. The van der Waals surface area contributed by atoms with E-state index in [9.17, 15) is 18.3 Å². The van der Waals surface area contributed by atoms with Crippen LogP contribution in [-0.4, -0.2) is 50.2 Å². The predicted molar refractivity (Wildman–Crippen MR) is 104 cm³/mol. The van der Waals surface area contributed by atoms with Gasteiger partial charge in [0.15, 0.2) is 11.5 Å². The average molecular weight is 403 g/mol. The van der Waals surface area contributed by atoms with Crippen molar-refractivity contribution < 1.29 is 23.1 Å². The number of carbonyl (C=O) groups excluding carboxylic acids is 1. The van der Waals surface area contributed by atoms with Gasteiger partial charge in [-0.05, 0) is 54.8 Å². The molecule has 2 N–H and O–H groups in total. The van der Waals surface area contributed by atoms with Crippen LogP contribution in [0.15, 0.2) is 52.5 Å². The number of hydrazone groups is 1. The van der Waals surface area contributed by atoms with Gasteiger partial charge in [0.2, 0.25) is 10.0 Å². The summed E-state index contributed by atoms with van der Waals surface area (Å²) in [5.41, 5.74) is 3.17. The number of methoxy groups -OCH3 is 1. The SMILES string of the molecule is COc1cc(/C=N\NC(=O)c2cccc(S(=O)(=O)N3CCCC3)c2)ccc1O. The fourth-order valence-electron chi connectivity index (χ4n) is 2.88. The molecule has 2 aromatic carbocycles. The van der Waals surface area contributed by atoms with Gasteiger partial charge in [-0.25, -0.2) is 13.8 Å².